The van der Waals surface area contributed by atoms with Crippen molar-refractivity contribution in [3.05, 3.63) is 72.5 Å². The maximum atomic E-state index is 12.1. The summed E-state index contributed by atoms with van der Waals surface area (Å²) in [5, 5.41) is 3.75. The van der Waals surface area contributed by atoms with E-state index in [1.165, 1.54) is 5.56 Å². The van der Waals surface area contributed by atoms with Gasteiger partial charge in [0.25, 0.3) is 0 Å². The molecule has 2 aromatic carbocycles. The van der Waals surface area contributed by atoms with E-state index in [4.69, 9.17) is 9.15 Å². The van der Waals surface area contributed by atoms with Crippen LogP contribution in [0.2, 0.25) is 0 Å². The number of hydrogen-bond donors (Lipinski definition) is 1. The average molecular weight is 375 g/mol. The van der Waals surface area contributed by atoms with Crippen molar-refractivity contribution in [3.63, 3.8) is 0 Å². The van der Waals surface area contributed by atoms with Gasteiger partial charge in [-0.2, -0.15) is 0 Å². The van der Waals surface area contributed by atoms with E-state index in [-0.39, 0.29) is 5.91 Å². The summed E-state index contributed by atoms with van der Waals surface area (Å²) in [4.78, 5) is 12.1. The summed E-state index contributed by atoms with van der Waals surface area (Å²) in [6.45, 7) is 10.5. The highest BCUT2D eigenvalue weighted by atomic mass is 16.5. The van der Waals surface area contributed by atoms with E-state index < -0.39 is 0 Å². The highest BCUT2D eigenvalue weighted by Gasteiger charge is 2.15. The molecule has 0 saturated heterocycles. The Balaban J connectivity index is 2.09. The number of benzene rings is 2. The van der Waals surface area contributed by atoms with Gasteiger partial charge in [0.2, 0.25) is 5.91 Å². The number of ether oxygens (including phenoxy) is 1. The first-order valence-corrected chi connectivity index (χ1v) is 9.36. The zero-order valence-electron chi connectivity index (χ0n) is 16.5. The van der Waals surface area contributed by atoms with Crippen LogP contribution in [0.1, 0.15) is 25.0 Å². The number of hydrogen-bond acceptors (Lipinski definition) is 3. The van der Waals surface area contributed by atoms with Crippen molar-refractivity contribution < 1.29 is 13.9 Å². The third-order valence-electron chi connectivity index (χ3n) is 4.53. The van der Waals surface area contributed by atoms with E-state index >= 15 is 0 Å². The number of carbonyl (C=O) groups is 1. The minimum absolute atomic E-state index is 0.161. The quantitative estimate of drug-likeness (QED) is 0.437. The molecule has 0 bridgehead atoms. The van der Waals surface area contributed by atoms with Crippen molar-refractivity contribution in [2.45, 2.75) is 20.8 Å². The molecule has 0 radical (unpaired) electrons. The average Bonchev–Trinajstić information content (AvgIpc) is 3.09. The van der Waals surface area contributed by atoms with Crippen LogP contribution in [0.5, 0.6) is 5.75 Å². The van der Waals surface area contributed by atoms with Crippen molar-refractivity contribution in [3.8, 4) is 16.9 Å². The van der Waals surface area contributed by atoms with E-state index in [9.17, 15) is 4.79 Å². The molecule has 0 saturated carbocycles. The normalized spacial score (nSPS) is 11.5. The second-order valence-corrected chi connectivity index (χ2v) is 6.65. The van der Waals surface area contributed by atoms with Crippen LogP contribution in [-0.2, 0) is 4.79 Å². The number of nitrogens with one attached hydrogen (secondary N) is 1. The fourth-order valence-corrected chi connectivity index (χ4v) is 3.09. The van der Waals surface area contributed by atoms with E-state index in [0.29, 0.717) is 18.9 Å². The molecule has 3 rings (SSSR count). The van der Waals surface area contributed by atoms with Crippen LogP contribution < -0.4 is 10.1 Å². The number of carbonyl (C=O) groups excluding carboxylic acids is 1. The van der Waals surface area contributed by atoms with Gasteiger partial charge >= 0.3 is 0 Å². The summed E-state index contributed by atoms with van der Waals surface area (Å²) in [6, 6.07) is 12.3. The van der Waals surface area contributed by atoms with Crippen LogP contribution in [-0.4, -0.2) is 19.1 Å². The third kappa shape index (κ3) is 4.17. The van der Waals surface area contributed by atoms with E-state index in [2.05, 4.69) is 43.1 Å². The lowest BCUT2D eigenvalue weighted by Crippen LogP contribution is -2.20. The Morgan fingerprint density at radius 1 is 1.25 bits per heavy atom. The molecule has 1 heterocycles. The molecule has 3 aromatic rings. The fourth-order valence-electron chi connectivity index (χ4n) is 3.09. The van der Waals surface area contributed by atoms with Gasteiger partial charge in [-0.05, 0) is 38.0 Å². The van der Waals surface area contributed by atoms with Crippen LogP contribution in [0.3, 0.4) is 0 Å². The Bertz CT molecular complexity index is 1030. The molecule has 144 valence electrons. The van der Waals surface area contributed by atoms with Crippen LogP contribution in [0.25, 0.3) is 27.7 Å². The third-order valence-corrected chi connectivity index (χ3v) is 4.53. The molecule has 4 nitrogen and oxygen atoms in total. The maximum absolute atomic E-state index is 12.1. The van der Waals surface area contributed by atoms with Crippen molar-refractivity contribution in [1.29, 1.82) is 0 Å². The maximum Gasteiger partial charge on any atom is 0.244 e. The van der Waals surface area contributed by atoms with Crippen LogP contribution in [0.4, 0.5) is 0 Å². The van der Waals surface area contributed by atoms with Crippen LogP contribution in [0, 0.1) is 6.92 Å². The Labute approximate surface area is 165 Å². The van der Waals surface area contributed by atoms with Gasteiger partial charge in [-0.15, -0.1) is 6.58 Å². The highest BCUT2D eigenvalue weighted by Crippen LogP contribution is 2.37. The summed E-state index contributed by atoms with van der Waals surface area (Å²) in [5.41, 5.74) is 5.76. The zero-order chi connectivity index (χ0) is 20.1. The number of aryl methyl sites for hydroxylation is 1. The molecule has 28 heavy (non-hydrogen) atoms. The lowest BCUT2D eigenvalue weighted by Gasteiger charge is -2.11. The lowest BCUT2D eigenvalue weighted by molar-refractivity contribution is -0.116. The summed E-state index contributed by atoms with van der Waals surface area (Å²) < 4.78 is 11.6. The molecular formula is C24H25NO3. The first-order chi connectivity index (χ1) is 13.5. The van der Waals surface area contributed by atoms with Gasteiger partial charge in [0.1, 0.15) is 11.3 Å². The predicted octanol–water partition coefficient (Wildman–Crippen LogP) is 5.51. The van der Waals surface area contributed by atoms with Crippen molar-refractivity contribution in [2.75, 3.05) is 13.2 Å². The van der Waals surface area contributed by atoms with E-state index in [1.54, 1.807) is 18.4 Å². The van der Waals surface area contributed by atoms with Crippen LogP contribution in [0.15, 0.2) is 65.8 Å². The largest absolute Gasteiger partial charge is 0.493 e. The number of allylic oxidation sites excluding steroid dienone is 1. The molecule has 0 unspecified atom stereocenters. The molecule has 1 N–H and O–H groups in total. The van der Waals surface area contributed by atoms with Gasteiger partial charge in [0, 0.05) is 35.2 Å². The molecular weight excluding hydrogens is 350 g/mol. The van der Waals surface area contributed by atoms with Gasteiger partial charge in [-0.3, -0.25) is 4.79 Å². The second-order valence-electron chi connectivity index (χ2n) is 6.65. The Morgan fingerprint density at radius 2 is 2.00 bits per heavy atom. The summed E-state index contributed by atoms with van der Waals surface area (Å²) in [6.07, 6.45) is 5.00. The molecule has 1 aromatic heterocycles. The lowest BCUT2D eigenvalue weighted by atomic mass is 9.99. The second kappa shape index (κ2) is 8.61. The monoisotopic (exact) mass is 375 g/mol. The first-order valence-electron chi connectivity index (χ1n) is 9.36. The van der Waals surface area contributed by atoms with Gasteiger partial charge in [-0.25, -0.2) is 0 Å². The number of amides is 1. The highest BCUT2D eigenvalue weighted by molar-refractivity contribution is 6.00. The fraction of sp³-hybridized carbons (Fsp3) is 0.208. The Kier molecular flexibility index (Phi) is 5.99. The SMILES string of the molecule is C=CCNC(=O)/C=C(\C)c1cc2c(-c3ccc(C)cc3)coc2cc1OCC. The van der Waals surface area contributed by atoms with Crippen molar-refractivity contribution >= 4 is 22.4 Å². The van der Waals surface area contributed by atoms with Gasteiger partial charge in [0.05, 0.1) is 12.9 Å². The zero-order valence-corrected chi connectivity index (χ0v) is 16.5. The van der Waals surface area contributed by atoms with Crippen LogP contribution >= 0.6 is 0 Å². The summed E-state index contributed by atoms with van der Waals surface area (Å²) in [5.74, 6) is 0.538. The van der Waals surface area contributed by atoms with Gasteiger partial charge in [0.15, 0.2) is 0 Å². The Morgan fingerprint density at radius 3 is 2.68 bits per heavy atom. The molecule has 0 spiro atoms. The number of rotatable bonds is 7. The van der Waals surface area contributed by atoms with E-state index in [1.807, 2.05) is 26.0 Å². The van der Waals surface area contributed by atoms with Crippen molar-refractivity contribution in [2.24, 2.45) is 0 Å². The predicted molar refractivity (Wildman–Crippen MR) is 114 cm³/mol. The molecule has 0 atom stereocenters. The summed E-state index contributed by atoms with van der Waals surface area (Å²) in [7, 11) is 0. The molecule has 4 heteroatoms. The van der Waals surface area contributed by atoms with Crippen molar-refractivity contribution in [1.82, 2.24) is 5.32 Å². The molecule has 0 fully saturated rings. The number of furan rings is 1. The minimum atomic E-state index is -0.161. The molecule has 0 aliphatic rings. The minimum Gasteiger partial charge on any atom is -0.493 e. The molecule has 0 aliphatic heterocycles. The first kappa shape index (κ1) is 19.5. The number of fused-ring (bicyclic) bond motifs is 1. The topological polar surface area (TPSA) is 51.5 Å². The van der Waals surface area contributed by atoms with Gasteiger partial charge in [-0.1, -0.05) is 35.9 Å². The molecule has 1 amide bonds. The molecule has 0 aliphatic carbocycles. The Hall–Kier alpha value is -3.27. The smallest absolute Gasteiger partial charge is 0.244 e. The summed E-state index contributed by atoms with van der Waals surface area (Å²) >= 11 is 0. The standard InChI is InChI=1S/C24H25NO3/c1-5-11-25-24(26)12-17(4)19-13-20-21(18-9-7-16(3)8-10-18)15-28-23(20)14-22(19)27-6-2/h5,7-10,12-15H,1,6,11H2,2-4H3,(H,25,26)/b17-12+. The van der Waals surface area contributed by atoms with E-state index in [0.717, 1.165) is 33.2 Å². The van der Waals surface area contributed by atoms with Gasteiger partial charge < -0.3 is 14.5 Å².